The van der Waals surface area contributed by atoms with Crippen LogP contribution in [0.3, 0.4) is 0 Å². The molecule has 1 saturated heterocycles. The summed E-state index contributed by atoms with van der Waals surface area (Å²) in [7, 11) is 3.81. The van der Waals surface area contributed by atoms with Crippen LogP contribution in [0.5, 0.6) is 0 Å². The number of hydrogen-bond acceptors (Lipinski definition) is 3. The van der Waals surface area contributed by atoms with E-state index < -0.39 is 0 Å². The van der Waals surface area contributed by atoms with Crippen LogP contribution in [0.25, 0.3) is 0 Å². The maximum Gasteiger partial charge on any atom is 0.0630 e. The average Bonchev–Trinajstić information content (AvgIpc) is 2.59. The van der Waals surface area contributed by atoms with Crippen molar-refractivity contribution < 1.29 is 4.74 Å². The SMILES string of the molecule is CCC1CCC(C)N1C(CNC)COC. The highest BCUT2D eigenvalue weighted by molar-refractivity contribution is 4.89. The summed E-state index contributed by atoms with van der Waals surface area (Å²) in [6, 6.07) is 2.00. The van der Waals surface area contributed by atoms with E-state index in [0.29, 0.717) is 12.1 Å². The summed E-state index contributed by atoms with van der Waals surface area (Å²) in [6.07, 6.45) is 3.94. The molecule has 0 spiro atoms. The van der Waals surface area contributed by atoms with E-state index in [1.165, 1.54) is 19.3 Å². The Kier molecular flexibility index (Phi) is 5.58. The fourth-order valence-electron chi connectivity index (χ4n) is 2.84. The normalized spacial score (nSPS) is 29.6. The van der Waals surface area contributed by atoms with Crippen LogP contribution in [0.15, 0.2) is 0 Å². The summed E-state index contributed by atoms with van der Waals surface area (Å²) in [5.41, 5.74) is 0. The van der Waals surface area contributed by atoms with E-state index in [9.17, 15) is 0 Å². The highest BCUT2D eigenvalue weighted by Crippen LogP contribution is 2.28. The van der Waals surface area contributed by atoms with Crippen molar-refractivity contribution in [1.29, 1.82) is 0 Å². The molecule has 0 radical (unpaired) electrons. The molecule has 3 unspecified atom stereocenters. The first-order valence-electron chi connectivity index (χ1n) is 6.15. The minimum atomic E-state index is 0.530. The maximum atomic E-state index is 5.33. The summed E-state index contributed by atoms with van der Waals surface area (Å²) in [4.78, 5) is 2.65. The summed E-state index contributed by atoms with van der Waals surface area (Å²) >= 11 is 0. The molecule has 1 aliphatic heterocycles. The molecule has 0 amide bonds. The molecule has 3 heteroatoms. The van der Waals surface area contributed by atoms with Gasteiger partial charge >= 0.3 is 0 Å². The molecule has 1 heterocycles. The predicted octanol–water partition coefficient (Wildman–Crippen LogP) is 1.48. The molecule has 1 N–H and O–H groups in total. The molecule has 0 aromatic carbocycles. The molecule has 90 valence electrons. The van der Waals surface area contributed by atoms with Crippen LogP contribution in [0.1, 0.15) is 33.1 Å². The van der Waals surface area contributed by atoms with E-state index in [2.05, 4.69) is 24.1 Å². The van der Waals surface area contributed by atoms with Gasteiger partial charge in [-0.2, -0.15) is 0 Å². The first kappa shape index (κ1) is 12.9. The Bertz CT molecular complexity index is 169. The van der Waals surface area contributed by atoms with Crippen LogP contribution in [-0.2, 0) is 4.74 Å². The Labute approximate surface area is 94.2 Å². The smallest absolute Gasteiger partial charge is 0.0630 e. The van der Waals surface area contributed by atoms with Crippen molar-refractivity contribution in [3.63, 3.8) is 0 Å². The molecule has 0 aliphatic carbocycles. The van der Waals surface area contributed by atoms with Crippen molar-refractivity contribution in [3.8, 4) is 0 Å². The van der Waals surface area contributed by atoms with E-state index in [0.717, 1.165) is 19.2 Å². The van der Waals surface area contributed by atoms with Gasteiger partial charge in [0, 0.05) is 31.8 Å². The minimum absolute atomic E-state index is 0.530. The third kappa shape index (κ3) is 3.16. The third-order valence-electron chi connectivity index (χ3n) is 3.54. The van der Waals surface area contributed by atoms with Gasteiger partial charge in [-0.05, 0) is 33.2 Å². The molecule has 3 atom stereocenters. The van der Waals surface area contributed by atoms with E-state index in [1.54, 1.807) is 7.11 Å². The second-order valence-electron chi connectivity index (χ2n) is 4.60. The van der Waals surface area contributed by atoms with Crippen molar-refractivity contribution in [3.05, 3.63) is 0 Å². The highest BCUT2D eigenvalue weighted by atomic mass is 16.5. The summed E-state index contributed by atoms with van der Waals surface area (Å²) < 4.78 is 5.33. The minimum Gasteiger partial charge on any atom is -0.383 e. The van der Waals surface area contributed by atoms with Gasteiger partial charge in [-0.3, -0.25) is 4.90 Å². The first-order valence-corrected chi connectivity index (χ1v) is 6.15. The topological polar surface area (TPSA) is 24.5 Å². The second kappa shape index (κ2) is 6.46. The van der Waals surface area contributed by atoms with E-state index in [4.69, 9.17) is 4.74 Å². The zero-order chi connectivity index (χ0) is 11.3. The number of likely N-dealkylation sites (tertiary alicyclic amines) is 1. The van der Waals surface area contributed by atoms with Crippen LogP contribution in [0.4, 0.5) is 0 Å². The molecule has 1 fully saturated rings. The highest BCUT2D eigenvalue weighted by Gasteiger charge is 2.34. The maximum absolute atomic E-state index is 5.33. The van der Waals surface area contributed by atoms with E-state index in [-0.39, 0.29) is 0 Å². The fraction of sp³-hybridized carbons (Fsp3) is 1.00. The van der Waals surface area contributed by atoms with Gasteiger partial charge in [-0.1, -0.05) is 6.92 Å². The lowest BCUT2D eigenvalue weighted by atomic mass is 10.1. The number of nitrogens with one attached hydrogen (secondary N) is 1. The number of hydrogen-bond donors (Lipinski definition) is 1. The first-order chi connectivity index (χ1) is 7.24. The van der Waals surface area contributed by atoms with Crippen LogP contribution in [0, 0.1) is 0 Å². The molecule has 1 rings (SSSR count). The third-order valence-corrected chi connectivity index (χ3v) is 3.54. The van der Waals surface area contributed by atoms with Gasteiger partial charge in [0.2, 0.25) is 0 Å². The van der Waals surface area contributed by atoms with Gasteiger partial charge in [0.25, 0.3) is 0 Å². The van der Waals surface area contributed by atoms with Gasteiger partial charge < -0.3 is 10.1 Å². The monoisotopic (exact) mass is 214 g/mol. The predicted molar refractivity (Wildman–Crippen MR) is 64.2 cm³/mol. The standard InChI is InChI=1S/C12H26N2O/c1-5-11-7-6-10(2)14(11)12(8-13-3)9-15-4/h10-13H,5-9H2,1-4H3. The van der Waals surface area contributed by atoms with Crippen LogP contribution >= 0.6 is 0 Å². The number of likely N-dealkylation sites (N-methyl/N-ethyl adjacent to an activating group) is 1. The van der Waals surface area contributed by atoms with Crippen molar-refractivity contribution in [2.75, 3.05) is 27.3 Å². The molecule has 0 saturated carbocycles. The number of nitrogens with zero attached hydrogens (tertiary/aromatic N) is 1. The average molecular weight is 214 g/mol. The van der Waals surface area contributed by atoms with Crippen molar-refractivity contribution in [2.24, 2.45) is 0 Å². The summed E-state index contributed by atoms with van der Waals surface area (Å²) in [5.74, 6) is 0. The van der Waals surface area contributed by atoms with Gasteiger partial charge in [-0.15, -0.1) is 0 Å². The van der Waals surface area contributed by atoms with Crippen LogP contribution in [-0.4, -0.2) is 50.3 Å². The lowest BCUT2D eigenvalue weighted by Gasteiger charge is -2.35. The molecular weight excluding hydrogens is 188 g/mol. The Morgan fingerprint density at radius 2 is 2.20 bits per heavy atom. The molecule has 1 aliphatic rings. The zero-order valence-electron chi connectivity index (χ0n) is 10.6. The Hall–Kier alpha value is -0.120. The van der Waals surface area contributed by atoms with Crippen molar-refractivity contribution in [1.82, 2.24) is 10.2 Å². The summed E-state index contributed by atoms with van der Waals surface area (Å²) in [5, 5.41) is 3.27. The van der Waals surface area contributed by atoms with Crippen LogP contribution in [0.2, 0.25) is 0 Å². The van der Waals surface area contributed by atoms with Crippen molar-refractivity contribution >= 4 is 0 Å². The Balaban J connectivity index is 2.61. The Morgan fingerprint density at radius 3 is 2.73 bits per heavy atom. The molecule has 0 aromatic rings. The fourth-order valence-corrected chi connectivity index (χ4v) is 2.84. The lowest BCUT2D eigenvalue weighted by molar-refractivity contribution is 0.0599. The molecule has 0 bridgehead atoms. The van der Waals surface area contributed by atoms with E-state index >= 15 is 0 Å². The van der Waals surface area contributed by atoms with E-state index in [1.807, 2.05) is 7.05 Å². The summed E-state index contributed by atoms with van der Waals surface area (Å²) in [6.45, 7) is 6.49. The number of methoxy groups -OCH3 is 1. The number of rotatable bonds is 6. The Morgan fingerprint density at radius 1 is 1.47 bits per heavy atom. The molecular formula is C12H26N2O. The zero-order valence-corrected chi connectivity index (χ0v) is 10.6. The quantitative estimate of drug-likeness (QED) is 0.725. The lowest BCUT2D eigenvalue weighted by Crippen LogP contribution is -2.49. The molecule has 15 heavy (non-hydrogen) atoms. The van der Waals surface area contributed by atoms with Gasteiger partial charge in [0.05, 0.1) is 6.61 Å². The van der Waals surface area contributed by atoms with Gasteiger partial charge in [0.15, 0.2) is 0 Å². The number of ether oxygens (including phenoxy) is 1. The van der Waals surface area contributed by atoms with Crippen LogP contribution < -0.4 is 5.32 Å². The van der Waals surface area contributed by atoms with Gasteiger partial charge in [0.1, 0.15) is 0 Å². The molecule has 0 aromatic heterocycles. The second-order valence-corrected chi connectivity index (χ2v) is 4.60. The van der Waals surface area contributed by atoms with Crippen molar-refractivity contribution in [2.45, 2.75) is 51.2 Å². The molecule has 3 nitrogen and oxygen atoms in total. The van der Waals surface area contributed by atoms with Gasteiger partial charge in [-0.25, -0.2) is 0 Å². The largest absolute Gasteiger partial charge is 0.383 e.